The van der Waals surface area contributed by atoms with Crippen LogP contribution in [-0.4, -0.2) is 56.8 Å². The van der Waals surface area contributed by atoms with Gasteiger partial charge in [0.2, 0.25) is 0 Å². The number of furan rings is 1. The maximum Gasteiger partial charge on any atom is 0.420 e. The Morgan fingerprint density at radius 2 is 1.97 bits per heavy atom. The van der Waals surface area contributed by atoms with E-state index in [0.717, 1.165) is 24.3 Å². The van der Waals surface area contributed by atoms with Crippen molar-refractivity contribution < 1.29 is 22.7 Å². The van der Waals surface area contributed by atoms with Crippen molar-refractivity contribution in [3.05, 3.63) is 59.9 Å². The Labute approximate surface area is 185 Å². The first kappa shape index (κ1) is 21.0. The van der Waals surface area contributed by atoms with E-state index in [1.165, 1.54) is 16.9 Å². The lowest BCUT2D eigenvalue weighted by Gasteiger charge is -2.36. The van der Waals surface area contributed by atoms with Gasteiger partial charge in [-0.25, -0.2) is 9.97 Å². The molecule has 7 nitrogen and oxygen atoms in total. The number of thiazole rings is 1. The molecule has 11 heteroatoms. The lowest BCUT2D eigenvalue weighted by molar-refractivity contribution is -0.136. The number of fused-ring (bicyclic) bond motifs is 1. The second-order valence-corrected chi connectivity index (χ2v) is 8.51. The molecule has 0 aliphatic carbocycles. The highest BCUT2D eigenvalue weighted by Crippen LogP contribution is 2.35. The van der Waals surface area contributed by atoms with Gasteiger partial charge >= 0.3 is 6.18 Å². The number of alkyl halides is 3. The van der Waals surface area contributed by atoms with Crippen molar-refractivity contribution >= 4 is 22.1 Å². The van der Waals surface area contributed by atoms with Crippen molar-refractivity contribution in [2.45, 2.75) is 18.8 Å². The van der Waals surface area contributed by atoms with Crippen LogP contribution in [0.15, 0.2) is 53.0 Å². The molecule has 5 rings (SSSR count). The zero-order chi connectivity index (χ0) is 22.3. The minimum absolute atomic E-state index is 0.136. The maximum atomic E-state index is 13.7. The van der Waals surface area contributed by atoms with Crippen LogP contribution in [-0.2, 0) is 12.6 Å². The fraction of sp³-hybridized carbons (Fsp3) is 0.333. The van der Waals surface area contributed by atoms with Crippen molar-refractivity contribution in [3.63, 3.8) is 0 Å². The van der Waals surface area contributed by atoms with Crippen LogP contribution in [0.25, 0.3) is 16.8 Å². The van der Waals surface area contributed by atoms with Gasteiger partial charge in [-0.1, -0.05) is 0 Å². The van der Waals surface area contributed by atoms with Gasteiger partial charge in [0.15, 0.2) is 5.13 Å². The highest BCUT2D eigenvalue weighted by Gasteiger charge is 2.35. The van der Waals surface area contributed by atoms with Crippen LogP contribution in [0.3, 0.4) is 0 Å². The Balaban J connectivity index is 1.35. The van der Waals surface area contributed by atoms with E-state index in [4.69, 9.17) is 4.42 Å². The van der Waals surface area contributed by atoms with E-state index in [9.17, 15) is 18.3 Å². The third kappa shape index (κ3) is 4.10. The minimum atomic E-state index is -4.56. The topological polar surface area (TPSA) is 70.0 Å². The van der Waals surface area contributed by atoms with Crippen molar-refractivity contribution in [1.29, 1.82) is 0 Å². The molecule has 1 aliphatic rings. The lowest BCUT2D eigenvalue weighted by Crippen LogP contribution is -2.51. The quantitative estimate of drug-likeness (QED) is 0.486. The molecule has 0 amide bonds. The Morgan fingerprint density at radius 1 is 1.16 bits per heavy atom. The molecular formula is C21H20F3N5O2S. The van der Waals surface area contributed by atoms with Gasteiger partial charge in [0.25, 0.3) is 0 Å². The number of hydrogen-bond donors (Lipinski definition) is 1. The summed E-state index contributed by atoms with van der Waals surface area (Å²) in [6.07, 6.45) is 2.45. The monoisotopic (exact) mass is 463 g/mol. The van der Waals surface area contributed by atoms with Crippen LogP contribution in [0.1, 0.15) is 11.3 Å². The summed E-state index contributed by atoms with van der Waals surface area (Å²) in [4.78, 5) is 12.6. The number of aromatic nitrogens is 3. The number of hydrogen-bond acceptors (Lipinski definition) is 7. The summed E-state index contributed by atoms with van der Waals surface area (Å²) < 4.78 is 47.5. The summed E-state index contributed by atoms with van der Waals surface area (Å²) in [6.45, 7) is 2.71. The van der Waals surface area contributed by atoms with Crippen LogP contribution in [0.5, 0.6) is 0 Å². The number of rotatable bonds is 5. The van der Waals surface area contributed by atoms with Gasteiger partial charge in [0.05, 0.1) is 23.8 Å². The summed E-state index contributed by atoms with van der Waals surface area (Å²) >= 11 is 1.57. The first-order chi connectivity index (χ1) is 15.4. The number of anilines is 1. The zero-order valence-corrected chi connectivity index (χ0v) is 17.7. The van der Waals surface area contributed by atoms with Gasteiger partial charge in [0.1, 0.15) is 11.9 Å². The summed E-state index contributed by atoms with van der Waals surface area (Å²) in [6, 6.07) is 2.68. The van der Waals surface area contributed by atoms with Gasteiger partial charge < -0.3 is 18.8 Å². The molecule has 1 aliphatic heterocycles. The predicted octanol–water partition coefficient (Wildman–Crippen LogP) is 3.75. The summed E-state index contributed by atoms with van der Waals surface area (Å²) in [7, 11) is 0. The number of nitrogens with zero attached hydrogens (tertiary/aromatic N) is 5. The molecule has 1 N–H and O–H groups in total. The first-order valence-electron chi connectivity index (χ1n) is 10.1. The zero-order valence-electron chi connectivity index (χ0n) is 16.9. The average Bonchev–Trinajstić information content (AvgIpc) is 3.53. The largest absolute Gasteiger partial charge is 0.472 e. The number of aliphatic hydroxyl groups is 1. The van der Waals surface area contributed by atoms with E-state index >= 15 is 0 Å². The van der Waals surface area contributed by atoms with Gasteiger partial charge in [-0.2, -0.15) is 13.2 Å². The van der Waals surface area contributed by atoms with E-state index in [1.54, 1.807) is 36.0 Å². The molecule has 0 saturated carbocycles. The van der Waals surface area contributed by atoms with Crippen LogP contribution in [0, 0.1) is 0 Å². The molecule has 168 valence electrons. The van der Waals surface area contributed by atoms with Crippen LogP contribution in [0.2, 0.25) is 0 Å². The molecule has 5 heterocycles. The third-order valence-corrected chi connectivity index (χ3v) is 6.41. The Morgan fingerprint density at radius 3 is 2.62 bits per heavy atom. The minimum Gasteiger partial charge on any atom is -0.472 e. The number of halogens is 3. The molecule has 1 fully saturated rings. The first-order valence-corrected chi connectivity index (χ1v) is 10.9. The Kier molecular flexibility index (Phi) is 5.39. The second-order valence-electron chi connectivity index (χ2n) is 7.64. The smallest absolute Gasteiger partial charge is 0.420 e. The number of imidazole rings is 1. The second kappa shape index (κ2) is 8.23. The molecule has 0 bridgehead atoms. The Bertz CT molecular complexity index is 1180. The van der Waals surface area contributed by atoms with Crippen molar-refractivity contribution in [2.24, 2.45) is 0 Å². The third-order valence-electron chi connectivity index (χ3n) is 5.58. The summed E-state index contributed by atoms with van der Waals surface area (Å²) in [5, 5.41) is 13.6. The maximum absolute atomic E-state index is 13.7. The van der Waals surface area contributed by atoms with Gasteiger partial charge in [-0.15, -0.1) is 11.3 Å². The van der Waals surface area contributed by atoms with Crippen molar-refractivity contribution in [1.82, 2.24) is 19.3 Å². The Hall–Kier alpha value is -2.89. The fourth-order valence-corrected chi connectivity index (χ4v) is 4.64. The molecule has 32 heavy (non-hydrogen) atoms. The SMILES string of the molecule is OC(Cc1cn2cc(-c3ccoc3)cc(C(F)(F)F)c2n1)N1CCN(c2nccs2)CC1. The fourth-order valence-electron chi connectivity index (χ4n) is 3.94. The molecule has 4 aromatic heterocycles. The van der Waals surface area contributed by atoms with Crippen molar-refractivity contribution in [3.8, 4) is 11.1 Å². The van der Waals surface area contributed by atoms with E-state index < -0.39 is 18.0 Å². The normalized spacial score (nSPS) is 16.7. The molecule has 4 aromatic rings. The van der Waals surface area contributed by atoms with Gasteiger partial charge in [0, 0.05) is 67.7 Å². The predicted molar refractivity (Wildman–Crippen MR) is 114 cm³/mol. The van der Waals surface area contributed by atoms with E-state index in [1.807, 2.05) is 10.3 Å². The lowest BCUT2D eigenvalue weighted by atomic mass is 10.1. The number of aliphatic hydroxyl groups excluding tert-OH is 1. The average molecular weight is 463 g/mol. The molecule has 1 saturated heterocycles. The van der Waals surface area contributed by atoms with Gasteiger partial charge in [-0.3, -0.25) is 4.90 Å². The molecule has 0 radical (unpaired) electrons. The molecular weight excluding hydrogens is 443 g/mol. The summed E-state index contributed by atoms with van der Waals surface area (Å²) in [5.41, 5.74) is 0.316. The standard InChI is InChI=1S/C21H20F3N5O2S/c22-21(23,24)17-9-15(14-1-7-31-13-14)11-29-12-16(26-19(17)29)10-18(30)27-3-5-28(6-4-27)20-25-2-8-32-20/h1-2,7-9,11-13,18,30H,3-6,10H2. The molecule has 1 atom stereocenters. The highest BCUT2D eigenvalue weighted by molar-refractivity contribution is 7.13. The van der Waals surface area contributed by atoms with Crippen LogP contribution < -0.4 is 4.90 Å². The molecule has 1 unspecified atom stereocenters. The van der Waals surface area contributed by atoms with E-state index in [0.29, 0.717) is 29.9 Å². The molecule has 0 aromatic carbocycles. The summed E-state index contributed by atoms with van der Waals surface area (Å²) in [5.74, 6) is 0. The molecule has 0 spiro atoms. The van der Waals surface area contributed by atoms with Crippen molar-refractivity contribution in [2.75, 3.05) is 31.1 Å². The van der Waals surface area contributed by atoms with Crippen LogP contribution >= 0.6 is 11.3 Å². The van der Waals surface area contributed by atoms with E-state index in [2.05, 4.69) is 14.9 Å². The van der Waals surface area contributed by atoms with E-state index in [-0.39, 0.29) is 12.1 Å². The van der Waals surface area contributed by atoms with Crippen LogP contribution in [0.4, 0.5) is 18.3 Å². The number of piperazine rings is 1. The van der Waals surface area contributed by atoms with Gasteiger partial charge in [-0.05, 0) is 12.1 Å². The number of pyridine rings is 1. The highest BCUT2D eigenvalue weighted by atomic mass is 32.1.